The maximum absolute atomic E-state index is 14.2. The number of rotatable bonds is 21. The number of guanidine groups is 1. The van der Waals surface area contributed by atoms with Crippen LogP contribution in [0.3, 0.4) is 0 Å². The van der Waals surface area contributed by atoms with Gasteiger partial charge in [-0.25, -0.2) is 4.79 Å². The minimum absolute atomic E-state index is 0. The fourth-order valence-electron chi connectivity index (χ4n) is 7.11. The van der Waals surface area contributed by atoms with Gasteiger partial charge in [-0.2, -0.15) is 4.99 Å². The van der Waals surface area contributed by atoms with Gasteiger partial charge in [0.15, 0.2) is 0 Å². The summed E-state index contributed by atoms with van der Waals surface area (Å²) in [4.78, 5) is 127. The highest BCUT2D eigenvalue weighted by Gasteiger charge is 2.43. The lowest BCUT2D eigenvalue weighted by atomic mass is 10.0. The number of amides is 7. The monoisotopic (exact) mass is 871 g/mol. The third-order valence-corrected chi connectivity index (χ3v) is 10.2. The van der Waals surface area contributed by atoms with Crippen LogP contribution in [0.25, 0.3) is 0 Å². The Balaban J connectivity index is 0.0000180. The van der Waals surface area contributed by atoms with Gasteiger partial charge in [-0.15, -0.1) is 12.4 Å². The Bertz CT molecular complexity index is 1560. The van der Waals surface area contributed by atoms with Crippen LogP contribution in [0, 0.1) is 5.92 Å². The fourth-order valence-corrected chi connectivity index (χ4v) is 7.11. The van der Waals surface area contributed by atoms with Crippen molar-refractivity contribution in [3.8, 4) is 0 Å². The molecule has 5 N–H and O–H groups in total. The molecule has 0 aromatic heterocycles. The summed E-state index contributed by atoms with van der Waals surface area (Å²) in [7, 11) is 0. The lowest BCUT2D eigenvalue weighted by Gasteiger charge is -2.32. The number of hydrogen-bond donors (Lipinski definition) is 4. The Morgan fingerprint density at radius 2 is 1.33 bits per heavy atom. The van der Waals surface area contributed by atoms with Crippen molar-refractivity contribution in [3.63, 3.8) is 0 Å². The van der Waals surface area contributed by atoms with Crippen molar-refractivity contribution in [2.24, 2.45) is 16.6 Å². The number of likely N-dealkylation sites (tertiary alicyclic amines) is 2. The Morgan fingerprint density at radius 1 is 0.783 bits per heavy atom. The van der Waals surface area contributed by atoms with Gasteiger partial charge in [0.2, 0.25) is 47.3 Å². The first-order valence-electron chi connectivity index (χ1n) is 20.5. The van der Waals surface area contributed by atoms with Crippen LogP contribution >= 0.6 is 12.4 Å². The summed E-state index contributed by atoms with van der Waals surface area (Å²) in [6.07, 6.45) is 0.960. The summed E-state index contributed by atoms with van der Waals surface area (Å²) in [5.41, 5.74) is 5.86. The van der Waals surface area contributed by atoms with E-state index in [1.54, 1.807) is 20.8 Å². The molecule has 2 fully saturated rings. The molecule has 2 aliphatic heterocycles. The third-order valence-electron chi connectivity index (χ3n) is 10.2. The Labute approximate surface area is 358 Å². The second-order valence-corrected chi connectivity index (χ2v) is 14.9. The first-order valence-corrected chi connectivity index (χ1v) is 20.5. The van der Waals surface area contributed by atoms with Crippen LogP contribution in [-0.2, 0) is 52.6 Å². The molecule has 2 aliphatic rings. The topological polar surface area (TPSA) is 260 Å². The third kappa shape index (κ3) is 16.3. The zero-order valence-electron chi connectivity index (χ0n) is 36.3. The molecule has 0 aromatic carbocycles. The van der Waals surface area contributed by atoms with Crippen molar-refractivity contribution in [1.82, 2.24) is 35.6 Å². The lowest BCUT2D eigenvalue weighted by molar-refractivity contribution is -0.151. The molecule has 0 aliphatic carbocycles. The van der Waals surface area contributed by atoms with Crippen LogP contribution in [-0.4, -0.2) is 162 Å². The lowest BCUT2D eigenvalue weighted by Crippen LogP contribution is -2.59. The van der Waals surface area contributed by atoms with Gasteiger partial charge >= 0.3 is 11.9 Å². The standard InChI is InChI=1S/C39H65N9O11.ClH/c1-9-45(10-2)21-22-59-38(57)28(15-12-18-46(27(8)51)39(40)42-26(7)50)43-34(53)30-16-13-19-47(30)36(55)29(23-32(52)58-11-3)44-35(54)31-17-14-20-48(31)37(56)33(24(4)5)41-25(6)49;/h24,28-31,33H,9-23H2,1-8H3,(H,41,49)(H,43,53)(H,44,54)(H2,40,42,50);1H/t28-,29-,30-,31-,33-;/m0./s1. The summed E-state index contributed by atoms with van der Waals surface area (Å²) in [5.74, 6) is -6.11. The summed E-state index contributed by atoms with van der Waals surface area (Å²) >= 11 is 0. The van der Waals surface area contributed by atoms with E-state index in [1.165, 1.54) is 30.6 Å². The highest BCUT2D eigenvalue weighted by atomic mass is 35.5. The average Bonchev–Trinajstić information content (AvgIpc) is 3.86. The number of nitrogens with zero attached hydrogens (tertiary/aromatic N) is 5. The van der Waals surface area contributed by atoms with Gasteiger partial charge < -0.3 is 45.9 Å². The van der Waals surface area contributed by atoms with Crippen molar-refractivity contribution in [2.45, 2.75) is 131 Å². The van der Waals surface area contributed by atoms with E-state index in [-0.39, 0.29) is 82.8 Å². The van der Waals surface area contributed by atoms with Crippen molar-refractivity contribution in [1.29, 1.82) is 0 Å². The van der Waals surface area contributed by atoms with Crippen LogP contribution in [0.4, 0.5) is 0 Å². The highest BCUT2D eigenvalue weighted by molar-refractivity contribution is 6.00. The van der Waals surface area contributed by atoms with E-state index in [1.807, 2.05) is 18.7 Å². The molecular formula is C39H66ClN9O11. The van der Waals surface area contributed by atoms with Crippen LogP contribution in [0.2, 0.25) is 0 Å². The number of carbonyl (C=O) groups excluding carboxylic acids is 9. The fraction of sp³-hybridized carbons (Fsp3) is 0.744. The molecule has 340 valence electrons. The molecule has 60 heavy (non-hydrogen) atoms. The highest BCUT2D eigenvalue weighted by Crippen LogP contribution is 2.23. The van der Waals surface area contributed by atoms with Crippen molar-refractivity contribution in [2.75, 3.05) is 52.5 Å². The summed E-state index contributed by atoms with van der Waals surface area (Å²) in [6.45, 7) is 15.1. The largest absolute Gasteiger partial charge is 0.466 e. The summed E-state index contributed by atoms with van der Waals surface area (Å²) in [5, 5.41) is 8.02. The minimum atomic E-state index is -1.45. The molecule has 2 saturated heterocycles. The summed E-state index contributed by atoms with van der Waals surface area (Å²) in [6, 6.07) is -5.61. The first-order chi connectivity index (χ1) is 27.9. The van der Waals surface area contributed by atoms with E-state index in [9.17, 15) is 43.2 Å². The van der Waals surface area contributed by atoms with Crippen LogP contribution in [0.15, 0.2) is 4.99 Å². The molecule has 21 heteroatoms. The molecule has 0 unspecified atom stereocenters. The molecule has 0 radical (unpaired) electrons. The molecule has 2 heterocycles. The molecule has 0 aromatic rings. The van der Waals surface area contributed by atoms with Crippen molar-refractivity contribution < 1.29 is 52.6 Å². The average molecular weight is 872 g/mol. The number of halogens is 1. The van der Waals surface area contributed by atoms with Crippen LogP contribution in [0.1, 0.15) is 100 Å². The number of nitrogens with two attached hydrogens (primary N) is 1. The van der Waals surface area contributed by atoms with Crippen LogP contribution < -0.4 is 21.7 Å². The maximum Gasteiger partial charge on any atom is 0.328 e. The first kappa shape index (κ1) is 53.2. The van der Waals surface area contributed by atoms with Gasteiger partial charge in [0.25, 0.3) is 0 Å². The van der Waals surface area contributed by atoms with E-state index in [0.29, 0.717) is 19.4 Å². The number of nitrogens with one attached hydrogen (secondary N) is 3. The molecule has 20 nitrogen and oxygen atoms in total. The Kier molecular flexibility index (Phi) is 23.4. The molecule has 0 bridgehead atoms. The second-order valence-electron chi connectivity index (χ2n) is 14.9. The van der Waals surface area contributed by atoms with Gasteiger partial charge in [0, 0.05) is 47.0 Å². The van der Waals surface area contributed by atoms with Gasteiger partial charge in [0.1, 0.15) is 36.8 Å². The SMILES string of the molecule is CCOC(=O)C[C@H](NC(=O)[C@@H]1CCCN1C(=O)[C@@H](NC(C)=O)C(C)C)C(=O)N1CCC[C@H]1C(=O)N[C@@H](CCCN(C(C)=O)C(N)=NC(C)=O)C(=O)OCCN(CC)CC.Cl. The van der Waals surface area contributed by atoms with Crippen molar-refractivity contribution >= 4 is 71.7 Å². The van der Waals surface area contributed by atoms with E-state index < -0.39 is 89.9 Å². The van der Waals surface area contributed by atoms with Crippen LogP contribution in [0.5, 0.6) is 0 Å². The van der Waals surface area contributed by atoms with E-state index in [4.69, 9.17) is 15.2 Å². The van der Waals surface area contributed by atoms with Gasteiger partial charge in [-0.3, -0.25) is 43.3 Å². The number of hydrogen-bond acceptors (Lipinski definition) is 12. The number of ether oxygens (including phenoxy) is 2. The van der Waals surface area contributed by atoms with E-state index >= 15 is 0 Å². The Hall–Kier alpha value is -4.85. The van der Waals surface area contributed by atoms with Gasteiger partial charge in [-0.1, -0.05) is 27.7 Å². The molecule has 0 spiro atoms. The van der Waals surface area contributed by atoms with Crippen molar-refractivity contribution in [3.05, 3.63) is 0 Å². The zero-order valence-corrected chi connectivity index (χ0v) is 37.1. The zero-order chi connectivity index (χ0) is 44.4. The number of esters is 2. The molecule has 5 atom stereocenters. The van der Waals surface area contributed by atoms with Gasteiger partial charge in [-0.05, 0) is 64.5 Å². The number of likely N-dealkylation sites (N-methyl/N-ethyl adjacent to an activating group) is 1. The van der Waals surface area contributed by atoms with E-state index in [0.717, 1.165) is 18.0 Å². The smallest absolute Gasteiger partial charge is 0.328 e. The predicted molar refractivity (Wildman–Crippen MR) is 222 cm³/mol. The quantitative estimate of drug-likeness (QED) is 0.0666. The molecule has 7 amide bonds. The normalized spacial score (nSPS) is 17.9. The predicted octanol–water partition coefficient (Wildman–Crippen LogP) is -0.151. The maximum atomic E-state index is 14.2. The van der Waals surface area contributed by atoms with E-state index in [2.05, 4.69) is 20.9 Å². The molecule has 2 rings (SSSR count). The number of carbonyl (C=O) groups is 9. The van der Waals surface area contributed by atoms with Gasteiger partial charge in [0.05, 0.1) is 13.0 Å². The second kappa shape index (κ2) is 26.4. The Morgan fingerprint density at radius 3 is 1.82 bits per heavy atom. The summed E-state index contributed by atoms with van der Waals surface area (Å²) < 4.78 is 10.7. The minimum Gasteiger partial charge on any atom is -0.466 e. The molecular weight excluding hydrogens is 806 g/mol. The molecule has 0 saturated carbocycles. The number of aliphatic imine (C=N–C) groups is 1.